The maximum atomic E-state index is 13.0. The topological polar surface area (TPSA) is 309 Å². The number of aliphatic hydroxyl groups excluding tert-OH is 3. The highest BCUT2D eigenvalue weighted by atomic mass is 16.7. The molecule has 2 saturated heterocycles. The number of Topliss-reactive ketones (excluding diaryl/α,β-unsaturated/α-hetero) is 7. The summed E-state index contributed by atoms with van der Waals surface area (Å²) < 4.78 is 15.8. The third-order valence-electron chi connectivity index (χ3n) is 8.42. The van der Waals surface area contributed by atoms with Crippen molar-refractivity contribution >= 4 is 40.5 Å². The Morgan fingerprint density at radius 1 is 0.591 bits per heavy atom. The Labute approximate surface area is 249 Å². The van der Waals surface area contributed by atoms with Crippen molar-refractivity contribution in [3.8, 4) is 0 Å². The van der Waals surface area contributed by atoms with Gasteiger partial charge in [0.2, 0.25) is 16.8 Å². The maximum Gasteiger partial charge on any atom is 0.213 e. The molecule has 44 heavy (non-hydrogen) atoms. The number of ketones is 7. The van der Waals surface area contributed by atoms with E-state index in [0.717, 1.165) is 6.92 Å². The van der Waals surface area contributed by atoms with Gasteiger partial charge in [-0.3, -0.25) is 33.6 Å². The molecule has 0 amide bonds. The van der Waals surface area contributed by atoms with E-state index < -0.39 is 112 Å². The first-order chi connectivity index (χ1) is 19.8. The van der Waals surface area contributed by atoms with Crippen LogP contribution in [0.25, 0.3) is 0 Å². The molecule has 18 heteroatoms. The smallest absolute Gasteiger partial charge is 0.213 e. The van der Waals surface area contributed by atoms with Gasteiger partial charge in [0.25, 0.3) is 0 Å². The van der Waals surface area contributed by atoms with Crippen LogP contribution in [0, 0.1) is 0 Å². The van der Waals surface area contributed by atoms with Gasteiger partial charge in [0.05, 0.1) is 0 Å². The third-order valence-corrected chi connectivity index (χ3v) is 8.42. The lowest BCUT2D eigenvalue weighted by Crippen LogP contribution is -2.88. The van der Waals surface area contributed by atoms with E-state index in [1.807, 2.05) is 0 Å². The van der Waals surface area contributed by atoms with E-state index in [2.05, 4.69) is 0 Å². The molecule has 8 N–H and O–H groups in total. The van der Waals surface area contributed by atoms with Crippen LogP contribution in [0.5, 0.6) is 0 Å². The average Bonchev–Trinajstić information content (AvgIpc) is 2.91. The molecule has 2 heterocycles. The molecular weight excluding hydrogens is 600 g/mol. The van der Waals surface area contributed by atoms with Crippen LogP contribution in [-0.2, 0) is 47.8 Å². The summed E-state index contributed by atoms with van der Waals surface area (Å²) in [6.07, 6.45) is -19.1. The Morgan fingerprint density at radius 2 is 1.00 bits per heavy atom. The van der Waals surface area contributed by atoms with Crippen molar-refractivity contribution in [3.63, 3.8) is 0 Å². The molecule has 0 saturated carbocycles. The quantitative estimate of drug-likeness (QED) is 0.105. The Hall–Kier alpha value is -2.75. The summed E-state index contributed by atoms with van der Waals surface area (Å²) in [5.41, 5.74) is -19.3. The second kappa shape index (κ2) is 11.9. The first-order valence-electron chi connectivity index (χ1n) is 13.0. The molecule has 0 aromatic heterocycles. The van der Waals surface area contributed by atoms with E-state index in [1.165, 1.54) is 0 Å². The van der Waals surface area contributed by atoms with Crippen molar-refractivity contribution in [3.05, 3.63) is 0 Å². The lowest BCUT2D eigenvalue weighted by atomic mass is 9.60. The van der Waals surface area contributed by atoms with Crippen molar-refractivity contribution < 1.29 is 88.6 Å². The minimum Gasteiger partial charge on any atom is -0.382 e. The van der Waals surface area contributed by atoms with Crippen molar-refractivity contribution in [2.75, 3.05) is 0 Å². The van der Waals surface area contributed by atoms with Gasteiger partial charge in [0.1, 0.15) is 30.5 Å². The number of hydrogen-bond acceptors (Lipinski definition) is 18. The zero-order chi connectivity index (χ0) is 34.7. The zero-order valence-electron chi connectivity index (χ0n) is 24.7. The van der Waals surface area contributed by atoms with Crippen molar-refractivity contribution in [1.82, 2.24) is 0 Å². The predicted octanol–water partition coefficient (Wildman–Crippen LogP) is -5.69. The molecule has 0 aliphatic carbocycles. The predicted molar refractivity (Wildman–Crippen MR) is 136 cm³/mol. The van der Waals surface area contributed by atoms with Gasteiger partial charge in [-0.05, 0) is 48.5 Å². The number of carbonyl (C=O) groups is 7. The van der Waals surface area contributed by atoms with Gasteiger partial charge in [-0.2, -0.15) is 0 Å². The van der Waals surface area contributed by atoms with Gasteiger partial charge >= 0.3 is 0 Å². The van der Waals surface area contributed by atoms with Gasteiger partial charge in [-0.15, -0.1) is 0 Å². The Morgan fingerprint density at radius 3 is 1.34 bits per heavy atom. The summed E-state index contributed by atoms with van der Waals surface area (Å²) >= 11 is 0. The van der Waals surface area contributed by atoms with Crippen LogP contribution in [-0.4, -0.2) is 152 Å². The first kappa shape index (κ1) is 37.4. The Balaban J connectivity index is 3.07. The molecule has 0 bridgehead atoms. The highest BCUT2D eigenvalue weighted by Gasteiger charge is 2.81. The third kappa shape index (κ3) is 4.72. The summed E-state index contributed by atoms with van der Waals surface area (Å²) in [5, 5.41) is 89.4. The molecule has 12 atom stereocenters. The summed E-state index contributed by atoms with van der Waals surface area (Å²) in [4.78, 5) is 88.6. The van der Waals surface area contributed by atoms with E-state index in [0.29, 0.717) is 41.5 Å². The lowest BCUT2D eigenvalue weighted by molar-refractivity contribution is -0.411. The molecule has 248 valence electrons. The van der Waals surface area contributed by atoms with E-state index >= 15 is 0 Å². The molecule has 18 nitrogen and oxygen atoms in total. The minimum absolute atomic E-state index is 0.476. The molecule has 0 radical (unpaired) electrons. The van der Waals surface area contributed by atoms with Crippen LogP contribution < -0.4 is 0 Å². The molecule has 0 aromatic carbocycles. The number of carbonyl (C=O) groups excluding carboxylic acids is 7. The molecule has 0 aromatic rings. The number of ether oxygens (including phenoxy) is 3. The summed E-state index contributed by atoms with van der Waals surface area (Å²) in [6, 6.07) is 0. The number of hydrogen-bond donors (Lipinski definition) is 8. The molecular formula is C26H36O18. The monoisotopic (exact) mass is 636 g/mol. The van der Waals surface area contributed by atoms with Crippen LogP contribution in [0.15, 0.2) is 0 Å². The second-order valence-corrected chi connectivity index (χ2v) is 11.1. The largest absolute Gasteiger partial charge is 0.382 e. The van der Waals surface area contributed by atoms with Crippen molar-refractivity contribution in [2.24, 2.45) is 0 Å². The number of rotatable bonds is 11. The highest BCUT2D eigenvalue weighted by Crippen LogP contribution is 2.50. The Kier molecular flexibility index (Phi) is 10.1. The van der Waals surface area contributed by atoms with Crippen molar-refractivity contribution in [2.45, 2.75) is 120 Å². The van der Waals surface area contributed by atoms with Crippen LogP contribution >= 0.6 is 0 Å². The van der Waals surface area contributed by atoms with Crippen molar-refractivity contribution in [1.29, 1.82) is 0 Å². The van der Waals surface area contributed by atoms with Crippen LogP contribution in [0.2, 0.25) is 0 Å². The molecule has 3 unspecified atom stereocenters. The van der Waals surface area contributed by atoms with E-state index in [9.17, 15) is 74.4 Å². The average molecular weight is 637 g/mol. The lowest BCUT2D eigenvalue weighted by Gasteiger charge is -2.60. The molecule has 2 fully saturated rings. The summed E-state index contributed by atoms with van der Waals surface area (Å²) in [5.74, 6) is -10.7. The first-order valence-corrected chi connectivity index (χ1v) is 13.0. The standard InChI is InChI=1S/C26H36O18/c1-8(27)15(34)17-19(22(37,10(3)29)24(39,12(5)31)20(36)42-17)44-21-25(40,13(6)32)26(41,14(7)33)23(38,11(4)30)18(43-21)16(35)9(2)28/h15-21,34-41H,1-7H3/t15?,16?,17-,18-,19-,20?,21+,22+,23+,24+,25+,26+/m1/s1. The molecule has 2 aliphatic heterocycles. The second-order valence-electron chi connectivity index (χ2n) is 11.1. The fraction of sp³-hybridized carbons (Fsp3) is 0.731. The van der Waals surface area contributed by atoms with E-state index in [4.69, 9.17) is 14.2 Å². The van der Waals surface area contributed by atoms with Crippen LogP contribution in [0.3, 0.4) is 0 Å². The fourth-order valence-corrected chi connectivity index (χ4v) is 5.71. The van der Waals surface area contributed by atoms with Gasteiger partial charge in [0.15, 0.2) is 64.3 Å². The highest BCUT2D eigenvalue weighted by molar-refractivity contribution is 6.06. The molecule has 0 spiro atoms. The van der Waals surface area contributed by atoms with E-state index in [-0.39, 0.29) is 0 Å². The van der Waals surface area contributed by atoms with Gasteiger partial charge < -0.3 is 55.1 Å². The molecule has 2 aliphatic rings. The maximum absolute atomic E-state index is 13.0. The summed E-state index contributed by atoms with van der Waals surface area (Å²) in [6.45, 7) is 4.08. The fourth-order valence-electron chi connectivity index (χ4n) is 5.71. The molecule has 2 rings (SSSR count). The zero-order valence-corrected chi connectivity index (χ0v) is 24.7. The van der Waals surface area contributed by atoms with E-state index in [1.54, 1.807) is 0 Å². The normalized spacial score (nSPS) is 42.1. The van der Waals surface area contributed by atoms with Gasteiger partial charge in [0, 0.05) is 0 Å². The Bertz CT molecular complexity index is 1280. The SMILES string of the molecule is CC(=O)C(O)[C@H]1OC(O)[C@@](O)(C(C)=O)[C@](O)(C(C)=O)[C@@H]1O[C@@H]1O[C@H](C(O)C(C)=O)[C@@](O)(C(C)=O)[C@@](O)(C(C)=O)[C@]1(O)C(C)=O. The summed E-state index contributed by atoms with van der Waals surface area (Å²) in [7, 11) is 0. The number of aliphatic hydroxyl groups is 8. The van der Waals surface area contributed by atoms with Crippen LogP contribution in [0.4, 0.5) is 0 Å². The van der Waals surface area contributed by atoms with Gasteiger partial charge in [-0.25, -0.2) is 0 Å². The van der Waals surface area contributed by atoms with Crippen LogP contribution in [0.1, 0.15) is 48.5 Å². The van der Waals surface area contributed by atoms with Gasteiger partial charge in [-0.1, -0.05) is 0 Å². The minimum atomic E-state index is -4.06.